The standard InChI is InChI=1S/C17H18ClN3OS.ClH/c18-13-4-2-1-3-11(13)16-20-15(9-23-16)17(22)21-7-10-5-6-14(19)12(10)8-21;/h1-4,9-10,12,14H,5-8,19H2;1H. The second kappa shape index (κ2) is 7.00. The van der Waals surface area contributed by atoms with Crippen LogP contribution in [0.2, 0.25) is 5.02 Å². The van der Waals surface area contributed by atoms with Gasteiger partial charge >= 0.3 is 0 Å². The third-order valence-corrected chi connectivity index (χ3v) is 6.23. The number of benzene rings is 1. The van der Waals surface area contributed by atoms with Crippen LogP contribution < -0.4 is 5.73 Å². The first-order valence-corrected chi connectivity index (χ1v) is 9.14. The highest BCUT2D eigenvalue weighted by atomic mass is 35.5. The van der Waals surface area contributed by atoms with E-state index < -0.39 is 0 Å². The molecule has 2 aromatic rings. The number of aromatic nitrogens is 1. The predicted molar refractivity (Wildman–Crippen MR) is 99.9 cm³/mol. The normalized spacial score (nSPS) is 25.4. The molecule has 0 radical (unpaired) electrons. The zero-order valence-corrected chi connectivity index (χ0v) is 15.4. The molecular formula is C17H19Cl2N3OS. The zero-order valence-electron chi connectivity index (χ0n) is 13.0. The number of carbonyl (C=O) groups excluding carboxylic acids is 1. The van der Waals surface area contributed by atoms with Gasteiger partial charge in [0.05, 0.1) is 5.02 Å². The minimum absolute atomic E-state index is 0. The highest BCUT2D eigenvalue weighted by Gasteiger charge is 2.42. The van der Waals surface area contributed by atoms with Gasteiger partial charge < -0.3 is 10.6 Å². The van der Waals surface area contributed by atoms with Crippen molar-refractivity contribution in [1.29, 1.82) is 0 Å². The highest BCUT2D eigenvalue weighted by Crippen LogP contribution is 2.38. The molecule has 3 atom stereocenters. The van der Waals surface area contributed by atoms with Crippen molar-refractivity contribution in [3.8, 4) is 10.6 Å². The molecule has 4 rings (SSSR count). The molecule has 2 N–H and O–H groups in total. The van der Waals surface area contributed by atoms with E-state index in [0.29, 0.717) is 22.6 Å². The quantitative estimate of drug-likeness (QED) is 0.859. The van der Waals surface area contributed by atoms with Gasteiger partial charge in [0, 0.05) is 30.1 Å². The summed E-state index contributed by atoms with van der Waals surface area (Å²) in [5.74, 6) is 1.04. The van der Waals surface area contributed by atoms with E-state index in [9.17, 15) is 4.79 Å². The van der Waals surface area contributed by atoms with E-state index in [4.69, 9.17) is 17.3 Å². The Morgan fingerprint density at radius 3 is 2.83 bits per heavy atom. The number of hydrogen-bond donors (Lipinski definition) is 1. The number of hydrogen-bond acceptors (Lipinski definition) is 4. The van der Waals surface area contributed by atoms with Gasteiger partial charge in [-0.3, -0.25) is 4.79 Å². The van der Waals surface area contributed by atoms with E-state index in [-0.39, 0.29) is 24.4 Å². The predicted octanol–water partition coefficient (Wildman–Crippen LogP) is 3.69. The molecule has 2 fully saturated rings. The van der Waals surface area contributed by atoms with Crippen LogP contribution in [-0.4, -0.2) is 34.9 Å². The molecule has 1 amide bonds. The Kier molecular flexibility index (Phi) is 5.16. The van der Waals surface area contributed by atoms with Gasteiger partial charge in [0.15, 0.2) is 0 Å². The van der Waals surface area contributed by atoms with Crippen molar-refractivity contribution in [3.05, 3.63) is 40.4 Å². The molecule has 4 nitrogen and oxygen atoms in total. The second-order valence-electron chi connectivity index (χ2n) is 6.39. The van der Waals surface area contributed by atoms with Crippen LogP contribution in [0.3, 0.4) is 0 Å². The van der Waals surface area contributed by atoms with E-state index in [1.54, 1.807) is 0 Å². The fraction of sp³-hybridized carbons (Fsp3) is 0.412. The highest BCUT2D eigenvalue weighted by molar-refractivity contribution is 7.13. The first-order chi connectivity index (χ1) is 11.1. The molecule has 1 saturated carbocycles. The summed E-state index contributed by atoms with van der Waals surface area (Å²) in [4.78, 5) is 19.1. The van der Waals surface area contributed by atoms with Crippen molar-refractivity contribution in [2.75, 3.05) is 13.1 Å². The van der Waals surface area contributed by atoms with Crippen molar-refractivity contribution in [3.63, 3.8) is 0 Å². The molecular weight excluding hydrogens is 365 g/mol. The summed E-state index contributed by atoms with van der Waals surface area (Å²) >= 11 is 7.67. The number of fused-ring (bicyclic) bond motifs is 1. The van der Waals surface area contributed by atoms with Crippen LogP contribution in [0.15, 0.2) is 29.6 Å². The zero-order chi connectivity index (χ0) is 16.0. The van der Waals surface area contributed by atoms with Crippen LogP contribution in [-0.2, 0) is 0 Å². The van der Waals surface area contributed by atoms with Gasteiger partial charge in [0.1, 0.15) is 10.7 Å². The van der Waals surface area contributed by atoms with Crippen molar-refractivity contribution >= 4 is 41.3 Å². The van der Waals surface area contributed by atoms with Crippen LogP contribution in [0.25, 0.3) is 10.6 Å². The average molecular weight is 384 g/mol. The van der Waals surface area contributed by atoms with E-state index >= 15 is 0 Å². The molecule has 128 valence electrons. The summed E-state index contributed by atoms with van der Waals surface area (Å²) in [7, 11) is 0. The van der Waals surface area contributed by atoms with Crippen molar-refractivity contribution in [1.82, 2.24) is 9.88 Å². The maximum atomic E-state index is 12.7. The molecule has 1 aromatic carbocycles. The number of carbonyl (C=O) groups is 1. The number of thiazole rings is 1. The molecule has 7 heteroatoms. The first-order valence-electron chi connectivity index (χ1n) is 7.89. The third kappa shape index (κ3) is 3.06. The molecule has 1 aliphatic carbocycles. The lowest BCUT2D eigenvalue weighted by Crippen LogP contribution is -2.33. The van der Waals surface area contributed by atoms with Gasteiger partial charge in [-0.15, -0.1) is 23.7 Å². The SMILES string of the molecule is Cl.NC1CCC2CN(C(=O)c3csc(-c4ccccc4Cl)n3)CC12. The topological polar surface area (TPSA) is 59.2 Å². The Bertz CT molecular complexity index is 751. The Hall–Kier alpha value is -1.14. The average Bonchev–Trinajstić information content (AvgIpc) is 3.25. The minimum Gasteiger partial charge on any atom is -0.337 e. The molecule has 1 aliphatic heterocycles. The molecule has 0 spiro atoms. The van der Waals surface area contributed by atoms with Crippen LogP contribution in [0.5, 0.6) is 0 Å². The van der Waals surface area contributed by atoms with Gasteiger partial charge in [0.25, 0.3) is 5.91 Å². The molecule has 1 saturated heterocycles. The Morgan fingerprint density at radius 2 is 2.08 bits per heavy atom. The molecule has 2 aliphatic rings. The van der Waals surface area contributed by atoms with Crippen LogP contribution in [0, 0.1) is 11.8 Å². The molecule has 3 unspecified atom stereocenters. The largest absolute Gasteiger partial charge is 0.337 e. The third-order valence-electron chi connectivity index (χ3n) is 5.03. The first kappa shape index (κ1) is 17.7. The van der Waals surface area contributed by atoms with Crippen LogP contribution in [0.4, 0.5) is 0 Å². The summed E-state index contributed by atoms with van der Waals surface area (Å²) in [5, 5.41) is 3.27. The Balaban J connectivity index is 0.00000169. The molecule has 24 heavy (non-hydrogen) atoms. The van der Waals surface area contributed by atoms with Crippen LogP contribution in [0.1, 0.15) is 23.3 Å². The lowest BCUT2D eigenvalue weighted by atomic mass is 9.98. The van der Waals surface area contributed by atoms with Gasteiger partial charge in [-0.2, -0.15) is 0 Å². The van der Waals surface area contributed by atoms with Gasteiger partial charge in [-0.1, -0.05) is 29.8 Å². The molecule has 0 bridgehead atoms. The summed E-state index contributed by atoms with van der Waals surface area (Å²) in [6.07, 6.45) is 2.22. The monoisotopic (exact) mass is 383 g/mol. The number of nitrogens with two attached hydrogens (primary N) is 1. The van der Waals surface area contributed by atoms with Crippen molar-refractivity contribution in [2.45, 2.75) is 18.9 Å². The Morgan fingerprint density at radius 1 is 1.29 bits per heavy atom. The summed E-state index contributed by atoms with van der Waals surface area (Å²) < 4.78 is 0. The number of halogens is 2. The summed E-state index contributed by atoms with van der Waals surface area (Å²) in [5.41, 5.74) is 7.54. The lowest BCUT2D eigenvalue weighted by molar-refractivity contribution is 0.0774. The number of likely N-dealkylation sites (tertiary alicyclic amines) is 1. The fourth-order valence-corrected chi connectivity index (χ4v) is 4.88. The fourth-order valence-electron chi connectivity index (χ4n) is 3.77. The van der Waals surface area contributed by atoms with E-state index in [0.717, 1.165) is 36.5 Å². The lowest BCUT2D eigenvalue weighted by Gasteiger charge is -2.17. The number of nitrogens with zero attached hydrogens (tertiary/aromatic N) is 2. The van der Waals surface area contributed by atoms with E-state index in [2.05, 4.69) is 4.98 Å². The second-order valence-corrected chi connectivity index (χ2v) is 7.66. The number of rotatable bonds is 2. The minimum atomic E-state index is 0. The maximum Gasteiger partial charge on any atom is 0.273 e. The van der Waals surface area contributed by atoms with Crippen molar-refractivity contribution < 1.29 is 4.79 Å². The van der Waals surface area contributed by atoms with Gasteiger partial charge in [0.2, 0.25) is 0 Å². The van der Waals surface area contributed by atoms with Crippen molar-refractivity contribution in [2.24, 2.45) is 17.6 Å². The van der Waals surface area contributed by atoms with Crippen LogP contribution >= 0.6 is 35.3 Å². The van der Waals surface area contributed by atoms with E-state index in [1.165, 1.54) is 11.3 Å². The van der Waals surface area contributed by atoms with Gasteiger partial charge in [-0.25, -0.2) is 4.98 Å². The maximum absolute atomic E-state index is 12.7. The van der Waals surface area contributed by atoms with Gasteiger partial charge in [-0.05, 0) is 30.7 Å². The summed E-state index contributed by atoms with van der Waals surface area (Å²) in [6.45, 7) is 1.58. The van der Waals surface area contributed by atoms with E-state index in [1.807, 2.05) is 34.5 Å². The number of amides is 1. The molecule has 1 aromatic heterocycles. The smallest absolute Gasteiger partial charge is 0.273 e. The molecule has 2 heterocycles. The Labute approximate surface area is 156 Å². The summed E-state index contributed by atoms with van der Waals surface area (Å²) in [6, 6.07) is 7.81.